The van der Waals surface area contributed by atoms with E-state index in [9.17, 15) is 0 Å². The zero-order valence-corrected chi connectivity index (χ0v) is 34.4. The Morgan fingerprint density at radius 3 is 1.37 bits per heavy atom. The van der Waals surface area contributed by atoms with Gasteiger partial charge in [-0.25, -0.2) is 15.0 Å². The minimum Gasteiger partial charge on any atom is -0.247 e. The molecule has 63 heavy (non-hydrogen) atoms. The fourth-order valence-electron chi connectivity index (χ4n) is 9.96. The van der Waals surface area contributed by atoms with E-state index in [4.69, 9.17) is 15.0 Å². The molecule has 294 valence electrons. The van der Waals surface area contributed by atoms with E-state index < -0.39 is 5.41 Å². The van der Waals surface area contributed by atoms with Gasteiger partial charge in [-0.3, -0.25) is 0 Å². The summed E-state index contributed by atoms with van der Waals surface area (Å²) in [7, 11) is 0. The fraction of sp³-hybridized carbons (Fsp3) is 0.0167. The fourth-order valence-corrected chi connectivity index (χ4v) is 9.96. The quantitative estimate of drug-likeness (QED) is 0.151. The first kappa shape index (κ1) is 36.6. The minimum absolute atomic E-state index is 0.500. The van der Waals surface area contributed by atoms with Gasteiger partial charge in [-0.05, 0) is 62.5 Å². The molecule has 2 heterocycles. The second-order valence-corrected chi connectivity index (χ2v) is 16.2. The average molecular weight is 802 g/mol. The molecule has 3 heteroatoms. The lowest BCUT2D eigenvalue weighted by Crippen LogP contribution is -2.28. The smallest absolute Gasteiger partial charge is 0.160 e. The van der Waals surface area contributed by atoms with Crippen LogP contribution in [-0.4, -0.2) is 15.0 Å². The van der Waals surface area contributed by atoms with E-state index in [1.807, 2.05) is 30.3 Å². The highest BCUT2D eigenvalue weighted by atomic mass is 14.9. The SMILES string of the molecule is c1ccc(-c2nc(-c3ccccc3)c(-c3ccc(-c4nc5ccccc5c5cc6c(cc45)-c4ccccc4C6(c4ccccc4)c4ccccc4)cc3)c(-c3ccccc3)n2)cc1. The number of nitrogens with zero attached hydrogens (tertiary/aromatic N) is 3. The van der Waals surface area contributed by atoms with Crippen molar-refractivity contribution in [2.75, 3.05) is 0 Å². The number of hydrogen-bond acceptors (Lipinski definition) is 3. The highest BCUT2D eigenvalue weighted by Crippen LogP contribution is 2.57. The van der Waals surface area contributed by atoms with E-state index in [1.165, 1.54) is 38.8 Å². The van der Waals surface area contributed by atoms with Gasteiger partial charge in [0.1, 0.15) is 0 Å². The summed E-state index contributed by atoms with van der Waals surface area (Å²) in [4.78, 5) is 16.1. The Balaban J connectivity index is 1.09. The summed E-state index contributed by atoms with van der Waals surface area (Å²) >= 11 is 0. The lowest BCUT2D eigenvalue weighted by atomic mass is 9.67. The third-order valence-corrected chi connectivity index (χ3v) is 12.8. The Labute approximate surface area is 366 Å². The van der Waals surface area contributed by atoms with Crippen molar-refractivity contribution in [2.45, 2.75) is 5.41 Å². The normalized spacial score (nSPS) is 12.6. The van der Waals surface area contributed by atoms with Crippen LogP contribution in [0.4, 0.5) is 0 Å². The monoisotopic (exact) mass is 801 g/mol. The number of pyridine rings is 1. The Hall–Kier alpha value is -8.27. The maximum Gasteiger partial charge on any atom is 0.160 e. The minimum atomic E-state index is -0.500. The van der Waals surface area contributed by atoms with Gasteiger partial charge in [0.15, 0.2) is 5.82 Å². The predicted octanol–water partition coefficient (Wildman–Crippen LogP) is 14.9. The Morgan fingerprint density at radius 2 is 0.762 bits per heavy atom. The number of rotatable bonds is 7. The van der Waals surface area contributed by atoms with Crippen LogP contribution in [0.3, 0.4) is 0 Å². The van der Waals surface area contributed by atoms with Gasteiger partial charge < -0.3 is 0 Å². The molecule has 2 aromatic heterocycles. The molecule has 0 radical (unpaired) electrons. The van der Waals surface area contributed by atoms with Crippen molar-refractivity contribution in [3.8, 4) is 67.4 Å². The third kappa shape index (κ3) is 5.93. The van der Waals surface area contributed by atoms with E-state index in [0.29, 0.717) is 5.82 Å². The maximum atomic E-state index is 5.46. The molecule has 12 rings (SSSR count). The van der Waals surface area contributed by atoms with E-state index >= 15 is 0 Å². The standard InChI is InChI=1S/C60H39N3/c1-6-20-41(21-7-1)57-55(58(42-22-8-2-9-23-42)63-59(62-57)44-24-10-3-11-25-44)40-34-36-43(37-35-40)56-51-38-50-47-30-16-18-32-52(47)60(45-26-12-4-13-27-45,46-28-14-5-15-29-46)53(50)39-49(51)48-31-17-19-33-54(48)61-56/h1-39H. The van der Waals surface area contributed by atoms with Crippen molar-refractivity contribution in [1.82, 2.24) is 15.0 Å². The summed E-state index contributed by atoms with van der Waals surface area (Å²) in [6.07, 6.45) is 0. The molecule has 0 saturated heterocycles. The van der Waals surface area contributed by atoms with Crippen LogP contribution in [0.1, 0.15) is 22.3 Å². The summed E-state index contributed by atoms with van der Waals surface area (Å²) in [5.41, 5.74) is 16.9. The lowest BCUT2D eigenvalue weighted by Gasteiger charge is -2.34. The van der Waals surface area contributed by atoms with Gasteiger partial charge in [-0.15, -0.1) is 0 Å². The topological polar surface area (TPSA) is 38.7 Å². The Kier molecular flexibility index (Phi) is 8.72. The van der Waals surface area contributed by atoms with Gasteiger partial charge in [0.2, 0.25) is 0 Å². The molecule has 0 bridgehead atoms. The zero-order chi connectivity index (χ0) is 41.7. The lowest BCUT2D eigenvalue weighted by molar-refractivity contribution is 0.769. The molecule has 1 aliphatic rings. The van der Waals surface area contributed by atoms with Crippen molar-refractivity contribution in [2.24, 2.45) is 0 Å². The van der Waals surface area contributed by atoms with Gasteiger partial charge in [-0.2, -0.15) is 0 Å². The van der Waals surface area contributed by atoms with Gasteiger partial charge >= 0.3 is 0 Å². The molecule has 0 saturated carbocycles. The second-order valence-electron chi connectivity index (χ2n) is 16.2. The van der Waals surface area contributed by atoms with Gasteiger partial charge in [0.25, 0.3) is 0 Å². The number of hydrogen-bond donors (Lipinski definition) is 0. The van der Waals surface area contributed by atoms with Crippen LogP contribution in [-0.2, 0) is 5.41 Å². The van der Waals surface area contributed by atoms with Gasteiger partial charge in [-0.1, -0.05) is 218 Å². The third-order valence-electron chi connectivity index (χ3n) is 12.8. The van der Waals surface area contributed by atoms with Crippen molar-refractivity contribution in [3.05, 3.63) is 259 Å². The highest BCUT2D eigenvalue weighted by Gasteiger charge is 2.46. The van der Waals surface area contributed by atoms with E-state index in [-0.39, 0.29) is 0 Å². The average Bonchev–Trinajstić information content (AvgIpc) is 3.66. The Morgan fingerprint density at radius 1 is 0.286 bits per heavy atom. The molecule has 0 spiro atoms. The van der Waals surface area contributed by atoms with E-state index in [0.717, 1.165) is 66.8 Å². The molecule has 11 aromatic rings. The maximum absolute atomic E-state index is 5.46. The summed E-state index contributed by atoms with van der Waals surface area (Å²) < 4.78 is 0. The summed E-state index contributed by atoms with van der Waals surface area (Å²) in [5.74, 6) is 0.693. The molecule has 0 fully saturated rings. The molecular weight excluding hydrogens is 763 g/mol. The summed E-state index contributed by atoms with van der Waals surface area (Å²) in [6.45, 7) is 0. The molecule has 1 aliphatic carbocycles. The van der Waals surface area contributed by atoms with Crippen molar-refractivity contribution >= 4 is 21.7 Å². The molecule has 0 unspecified atom stereocenters. The first-order valence-electron chi connectivity index (χ1n) is 21.5. The van der Waals surface area contributed by atoms with Gasteiger partial charge in [0, 0.05) is 38.6 Å². The zero-order valence-electron chi connectivity index (χ0n) is 34.4. The van der Waals surface area contributed by atoms with E-state index in [1.54, 1.807) is 0 Å². The molecule has 0 aliphatic heterocycles. The summed E-state index contributed by atoms with van der Waals surface area (Å²) in [6, 6.07) is 84.5. The number of benzene rings is 9. The first-order valence-corrected chi connectivity index (χ1v) is 21.5. The van der Waals surface area contributed by atoms with Crippen LogP contribution in [0.5, 0.6) is 0 Å². The van der Waals surface area contributed by atoms with Crippen LogP contribution >= 0.6 is 0 Å². The molecule has 9 aromatic carbocycles. The first-order chi connectivity index (χ1) is 31.3. The van der Waals surface area contributed by atoms with Crippen molar-refractivity contribution in [3.63, 3.8) is 0 Å². The van der Waals surface area contributed by atoms with Crippen LogP contribution in [0.15, 0.2) is 237 Å². The van der Waals surface area contributed by atoms with Crippen LogP contribution < -0.4 is 0 Å². The largest absolute Gasteiger partial charge is 0.247 e. The summed E-state index contributed by atoms with van der Waals surface area (Å²) in [5, 5.41) is 3.44. The van der Waals surface area contributed by atoms with Crippen LogP contribution in [0.25, 0.3) is 89.1 Å². The second kappa shape index (κ2) is 15.0. The van der Waals surface area contributed by atoms with Crippen molar-refractivity contribution in [1.29, 1.82) is 0 Å². The van der Waals surface area contributed by atoms with Crippen LogP contribution in [0, 0.1) is 0 Å². The van der Waals surface area contributed by atoms with Crippen LogP contribution in [0.2, 0.25) is 0 Å². The molecule has 3 nitrogen and oxygen atoms in total. The van der Waals surface area contributed by atoms with E-state index in [2.05, 4.69) is 206 Å². The number of aromatic nitrogens is 3. The number of para-hydroxylation sites is 1. The van der Waals surface area contributed by atoms with Gasteiger partial charge in [0.05, 0.1) is 28.0 Å². The molecule has 0 atom stereocenters. The molecule has 0 amide bonds. The Bertz CT molecular complexity index is 3360. The predicted molar refractivity (Wildman–Crippen MR) is 259 cm³/mol. The highest BCUT2D eigenvalue weighted by molar-refractivity contribution is 6.13. The van der Waals surface area contributed by atoms with Crippen molar-refractivity contribution < 1.29 is 0 Å². The molecule has 0 N–H and O–H groups in total. The molecular formula is C60H39N3. The number of fused-ring (bicyclic) bond motifs is 6.